The van der Waals surface area contributed by atoms with Crippen LogP contribution in [0.1, 0.15) is 59.8 Å². The van der Waals surface area contributed by atoms with Crippen molar-refractivity contribution >= 4 is 12.0 Å². The number of carboxylic acids is 1. The number of nitrogens with zero attached hydrogens (tertiary/aromatic N) is 1. The van der Waals surface area contributed by atoms with Crippen molar-refractivity contribution in [3.8, 4) is 0 Å². The third kappa shape index (κ3) is 4.90. The summed E-state index contributed by atoms with van der Waals surface area (Å²) in [6, 6.07) is -0.290. The van der Waals surface area contributed by atoms with Crippen LogP contribution in [0.5, 0.6) is 0 Å². The largest absolute Gasteiger partial charge is 0.480 e. The smallest absolute Gasteiger partial charge is 0.329 e. The summed E-state index contributed by atoms with van der Waals surface area (Å²) >= 11 is 0. The maximum absolute atomic E-state index is 12.3. The zero-order chi connectivity index (χ0) is 16.3. The number of carbonyl (C=O) groups excluding carboxylic acids is 1. The molecule has 1 rings (SSSR count). The van der Waals surface area contributed by atoms with E-state index in [0.717, 1.165) is 19.3 Å². The molecule has 0 spiro atoms. The molecule has 0 aromatic rings. The van der Waals surface area contributed by atoms with E-state index in [0.29, 0.717) is 25.3 Å². The van der Waals surface area contributed by atoms with Gasteiger partial charge in [-0.05, 0) is 37.0 Å². The van der Waals surface area contributed by atoms with Crippen LogP contribution in [-0.4, -0.2) is 41.1 Å². The van der Waals surface area contributed by atoms with E-state index in [2.05, 4.69) is 33.0 Å². The van der Waals surface area contributed by atoms with E-state index < -0.39 is 11.5 Å². The van der Waals surface area contributed by atoms with Gasteiger partial charge in [0, 0.05) is 13.6 Å². The van der Waals surface area contributed by atoms with Gasteiger partial charge in [0.1, 0.15) is 5.54 Å². The van der Waals surface area contributed by atoms with Crippen molar-refractivity contribution in [1.29, 1.82) is 0 Å². The molecule has 0 atom stereocenters. The first-order valence-corrected chi connectivity index (χ1v) is 7.86. The third-order valence-corrected chi connectivity index (χ3v) is 4.35. The molecule has 0 aliphatic heterocycles. The lowest BCUT2D eigenvalue weighted by Gasteiger charge is -2.38. The van der Waals surface area contributed by atoms with E-state index in [9.17, 15) is 14.7 Å². The number of aliphatic carboxylic acids is 1. The van der Waals surface area contributed by atoms with Crippen LogP contribution in [0.15, 0.2) is 0 Å². The number of carbonyl (C=O) groups is 2. The van der Waals surface area contributed by atoms with Gasteiger partial charge >= 0.3 is 12.0 Å². The molecule has 1 saturated carbocycles. The van der Waals surface area contributed by atoms with Gasteiger partial charge in [0.2, 0.25) is 0 Å². The molecule has 0 radical (unpaired) electrons. The molecule has 2 N–H and O–H groups in total. The molecule has 2 amide bonds. The minimum absolute atomic E-state index is 0.0116. The van der Waals surface area contributed by atoms with Crippen LogP contribution < -0.4 is 5.32 Å². The molecule has 0 heterocycles. The minimum atomic E-state index is -1.09. The topological polar surface area (TPSA) is 69.6 Å². The van der Waals surface area contributed by atoms with Crippen molar-refractivity contribution in [3.63, 3.8) is 0 Å². The van der Waals surface area contributed by atoms with Crippen LogP contribution >= 0.6 is 0 Å². The van der Waals surface area contributed by atoms with Gasteiger partial charge in [-0.1, -0.05) is 34.1 Å². The quantitative estimate of drug-likeness (QED) is 0.838. The SMILES string of the molecule is CCC1CCC(NC(=O)N(C)CC(C)(C)C)(C(=O)O)CC1. The summed E-state index contributed by atoms with van der Waals surface area (Å²) in [4.78, 5) is 25.6. The molecule has 21 heavy (non-hydrogen) atoms. The van der Waals surface area contributed by atoms with E-state index in [-0.39, 0.29) is 11.4 Å². The molecule has 122 valence electrons. The van der Waals surface area contributed by atoms with E-state index in [1.807, 2.05) is 0 Å². The summed E-state index contributed by atoms with van der Waals surface area (Å²) in [5.74, 6) is -0.323. The Labute approximate surface area is 128 Å². The Morgan fingerprint density at radius 3 is 2.19 bits per heavy atom. The van der Waals surface area contributed by atoms with Gasteiger partial charge in [-0.15, -0.1) is 0 Å². The zero-order valence-corrected chi connectivity index (χ0v) is 14.0. The first kappa shape index (κ1) is 17.8. The highest BCUT2D eigenvalue weighted by Gasteiger charge is 2.43. The fourth-order valence-corrected chi connectivity index (χ4v) is 3.05. The van der Waals surface area contributed by atoms with Crippen LogP contribution in [0, 0.1) is 11.3 Å². The lowest BCUT2D eigenvalue weighted by Crippen LogP contribution is -2.59. The molecule has 0 unspecified atom stereocenters. The molecule has 1 fully saturated rings. The van der Waals surface area contributed by atoms with Crippen LogP contribution in [0.25, 0.3) is 0 Å². The van der Waals surface area contributed by atoms with Crippen molar-refractivity contribution in [2.45, 2.75) is 65.3 Å². The second-order valence-corrected chi connectivity index (χ2v) is 7.59. The van der Waals surface area contributed by atoms with Gasteiger partial charge in [-0.25, -0.2) is 9.59 Å². The molecular weight excluding hydrogens is 268 g/mol. The summed E-state index contributed by atoms with van der Waals surface area (Å²) in [6.07, 6.45) is 3.86. The summed E-state index contributed by atoms with van der Waals surface area (Å²) in [5.41, 5.74) is -1.10. The monoisotopic (exact) mass is 298 g/mol. The van der Waals surface area contributed by atoms with Gasteiger partial charge in [0.15, 0.2) is 0 Å². The predicted molar refractivity (Wildman–Crippen MR) is 83.2 cm³/mol. The summed E-state index contributed by atoms with van der Waals surface area (Å²) < 4.78 is 0. The second-order valence-electron chi connectivity index (χ2n) is 7.59. The van der Waals surface area contributed by atoms with Crippen molar-refractivity contribution in [3.05, 3.63) is 0 Å². The molecule has 0 bridgehead atoms. The molecular formula is C16H30N2O3. The van der Waals surface area contributed by atoms with E-state index in [4.69, 9.17) is 0 Å². The maximum Gasteiger partial charge on any atom is 0.329 e. The summed E-state index contributed by atoms with van der Waals surface area (Å²) in [7, 11) is 1.72. The lowest BCUT2D eigenvalue weighted by atomic mass is 9.75. The molecule has 0 aromatic heterocycles. The lowest BCUT2D eigenvalue weighted by molar-refractivity contribution is -0.146. The highest BCUT2D eigenvalue weighted by atomic mass is 16.4. The Morgan fingerprint density at radius 1 is 1.29 bits per heavy atom. The summed E-state index contributed by atoms with van der Waals surface area (Å²) in [6.45, 7) is 8.88. The zero-order valence-electron chi connectivity index (χ0n) is 14.0. The van der Waals surface area contributed by atoms with Gasteiger partial charge in [0.05, 0.1) is 0 Å². The first-order valence-electron chi connectivity index (χ1n) is 7.86. The third-order valence-electron chi connectivity index (χ3n) is 4.35. The Balaban J connectivity index is 2.71. The van der Waals surface area contributed by atoms with Crippen molar-refractivity contribution in [2.24, 2.45) is 11.3 Å². The molecule has 5 nitrogen and oxygen atoms in total. The fraction of sp³-hybridized carbons (Fsp3) is 0.875. The fourth-order valence-electron chi connectivity index (χ4n) is 3.05. The number of rotatable bonds is 4. The predicted octanol–water partition coefficient (Wildman–Crippen LogP) is 3.10. The average Bonchev–Trinajstić information content (AvgIpc) is 2.37. The number of nitrogens with one attached hydrogen (secondary N) is 1. The van der Waals surface area contributed by atoms with Gasteiger partial charge in [0.25, 0.3) is 0 Å². The van der Waals surface area contributed by atoms with Crippen LogP contribution in [0.3, 0.4) is 0 Å². The Kier molecular flexibility index (Phi) is 5.65. The van der Waals surface area contributed by atoms with Gasteiger partial charge in [-0.3, -0.25) is 0 Å². The van der Waals surface area contributed by atoms with E-state index >= 15 is 0 Å². The number of carboxylic acid groups (broad SMARTS) is 1. The Bertz CT molecular complexity index is 379. The van der Waals surface area contributed by atoms with Crippen LogP contribution in [-0.2, 0) is 4.79 Å². The normalized spacial score (nSPS) is 26.2. The highest BCUT2D eigenvalue weighted by Crippen LogP contribution is 2.34. The molecule has 0 saturated heterocycles. The number of hydrogen-bond acceptors (Lipinski definition) is 2. The molecule has 1 aliphatic rings. The minimum Gasteiger partial charge on any atom is -0.480 e. The van der Waals surface area contributed by atoms with Gasteiger partial charge < -0.3 is 15.3 Å². The number of urea groups is 1. The standard InChI is InChI=1S/C16H30N2O3/c1-6-12-7-9-16(10-8-12,13(19)20)17-14(21)18(5)11-15(2,3)4/h12H,6-11H2,1-5H3,(H,17,21)(H,19,20). The van der Waals surface area contributed by atoms with E-state index in [1.165, 1.54) is 0 Å². The molecule has 5 heteroatoms. The maximum atomic E-state index is 12.3. The molecule has 0 aromatic carbocycles. The highest BCUT2D eigenvalue weighted by molar-refractivity contribution is 5.86. The summed E-state index contributed by atoms with van der Waals surface area (Å²) in [5, 5.41) is 12.4. The second kappa shape index (κ2) is 6.67. The Morgan fingerprint density at radius 2 is 1.81 bits per heavy atom. The average molecular weight is 298 g/mol. The van der Waals surface area contributed by atoms with Crippen molar-refractivity contribution < 1.29 is 14.7 Å². The van der Waals surface area contributed by atoms with Crippen LogP contribution in [0.2, 0.25) is 0 Å². The number of amides is 2. The van der Waals surface area contributed by atoms with E-state index in [1.54, 1.807) is 11.9 Å². The number of hydrogen-bond donors (Lipinski definition) is 2. The Hall–Kier alpha value is -1.26. The van der Waals surface area contributed by atoms with Gasteiger partial charge in [-0.2, -0.15) is 0 Å². The molecule has 1 aliphatic carbocycles. The van der Waals surface area contributed by atoms with Crippen molar-refractivity contribution in [2.75, 3.05) is 13.6 Å². The first-order chi connectivity index (χ1) is 9.59. The van der Waals surface area contributed by atoms with Crippen LogP contribution in [0.4, 0.5) is 4.79 Å². The van der Waals surface area contributed by atoms with Crippen molar-refractivity contribution in [1.82, 2.24) is 10.2 Å².